The Kier molecular flexibility index (Phi) is 2.25. The Hall–Kier alpha value is -1.36. The molecule has 14 heavy (non-hydrogen) atoms. The summed E-state index contributed by atoms with van der Waals surface area (Å²) < 4.78 is 2.55. The maximum atomic E-state index is 5.89. The minimum absolute atomic E-state index is 0.656. The van der Waals surface area contributed by atoms with Gasteiger partial charge in [0, 0.05) is 12.4 Å². The fourth-order valence-electron chi connectivity index (χ4n) is 1.15. The van der Waals surface area contributed by atoms with Crippen molar-refractivity contribution in [1.82, 2.24) is 14.8 Å². The fraction of sp³-hybridized carbons (Fsp3) is 0.111. The molecule has 0 unspecified atom stereocenters. The predicted molar refractivity (Wildman–Crippen MR) is 58.2 cm³/mol. The molecule has 72 valence electrons. The molecule has 0 saturated carbocycles. The van der Waals surface area contributed by atoms with E-state index in [9.17, 15) is 0 Å². The minimum Gasteiger partial charge on any atom is -0.395 e. The summed E-state index contributed by atoms with van der Waals surface area (Å²) in [4.78, 5) is 4.18. The van der Waals surface area contributed by atoms with E-state index in [4.69, 9.17) is 5.73 Å². The van der Waals surface area contributed by atoms with Crippen LogP contribution in [0, 0.1) is 6.92 Å². The van der Waals surface area contributed by atoms with Gasteiger partial charge in [-0.05, 0) is 34.5 Å². The number of nitrogens with two attached hydrogens (primary N) is 1. The highest BCUT2D eigenvalue weighted by Crippen LogP contribution is 2.18. The van der Waals surface area contributed by atoms with Gasteiger partial charge >= 0.3 is 0 Å². The Morgan fingerprint density at radius 3 is 2.93 bits per heavy atom. The lowest BCUT2D eigenvalue weighted by Gasteiger charge is -2.05. The summed E-state index contributed by atoms with van der Waals surface area (Å²) in [6, 6.07) is 1.87. The summed E-state index contributed by atoms with van der Waals surface area (Å²) in [5.41, 5.74) is 7.54. The Morgan fingerprint density at radius 1 is 1.50 bits per heavy atom. The number of hydrogen-bond donors (Lipinski definition) is 1. The van der Waals surface area contributed by atoms with Crippen LogP contribution in [0.4, 0.5) is 5.69 Å². The monoisotopic (exact) mass is 252 g/mol. The van der Waals surface area contributed by atoms with E-state index in [2.05, 4.69) is 26.0 Å². The molecule has 0 aliphatic rings. The first-order valence-electron chi connectivity index (χ1n) is 4.10. The topological polar surface area (TPSA) is 56.7 Å². The number of halogens is 1. The number of rotatable bonds is 1. The van der Waals surface area contributed by atoms with Crippen molar-refractivity contribution < 1.29 is 0 Å². The maximum Gasteiger partial charge on any atom is 0.176 e. The molecule has 2 aromatic rings. The summed E-state index contributed by atoms with van der Waals surface area (Å²) in [6.45, 7) is 1.94. The molecule has 4 nitrogen and oxygen atoms in total. The number of nitrogen functional groups attached to an aromatic ring is 1. The molecule has 0 spiro atoms. The molecule has 0 amide bonds. The standard InChI is InChI=1S/C9H9BrN4/c1-6-2-3-12-9(8(6)11)14-5-7(10)4-13-14/h2-5H,11H2,1H3. The largest absolute Gasteiger partial charge is 0.395 e. The fourth-order valence-corrected chi connectivity index (χ4v) is 1.44. The first-order valence-corrected chi connectivity index (χ1v) is 4.89. The molecule has 0 saturated heterocycles. The van der Waals surface area contributed by atoms with E-state index in [1.54, 1.807) is 17.1 Å². The van der Waals surface area contributed by atoms with Crippen LogP contribution in [0.1, 0.15) is 5.56 Å². The second kappa shape index (κ2) is 3.42. The van der Waals surface area contributed by atoms with Gasteiger partial charge in [0.2, 0.25) is 0 Å². The lowest BCUT2D eigenvalue weighted by atomic mass is 10.2. The average molecular weight is 253 g/mol. The molecule has 2 heterocycles. The number of anilines is 1. The molecule has 0 fully saturated rings. The van der Waals surface area contributed by atoms with Crippen LogP contribution in [0.2, 0.25) is 0 Å². The van der Waals surface area contributed by atoms with Crippen LogP contribution in [0.3, 0.4) is 0 Å². The van der Waals surface area contributed by atoms with E-state index < -0.39 is 0 Å². The zero-order valence-electron chi connectivity index (χ0n) is 7.61. The summed E-state index contributed by atoms with van der Waals surface area (Å²) in [5, 5.41) is 4.12. The molecule has 0 bridgehead atoms. The van der Waals surface area contributed by atoms with Crippen LogP contribution in [0.15, 0.2) is 29.1 Å². The van der Waals surface area contributed by atoms with E-state index in [1.807, 2.05) is 19.2 Å². The third-order valence-corrected chi connectivity index (χ3v) is 2.36. The smallest absolute Gasteiger partial charge is 0.176 e. The van der Waals surface area contributed by atoms with Crippen molar-refractivity contribution in [1.29, 1.82) is 0 Å². The van der Waals surface area contributed by atoms with Gasteiger partial charge in [-0.1, -0.05) is 0 Å². The van der Waals surface area contributed by atoms with Gasteiger partial charge in [-0.2, -0.15) is 5.10 Å². The zero-order valence-corrected chi connectivity index (χ0v) is 9.19. The highest BCUT2D eigenvalue weighted by atomic mass is 79.9. The lowest BCUT2D eigenvalue weighted by Crippen LogP contribution is -2.04. The van der Waals surface area contributed by atoms with Gasteiger partial charge in [0.1, 0.15) is 0 Å². The predicted octanol–water partition coefficient (Wildman–Crippen LogP) is 1.92. The van der Waals surface area contributed by atoms with Crippen molar-refractivity contribution in [3.8, 4) is 5.82 Å². The molecule has 0 aliphatic heterocycles. The third-order valence-electron chi connectivity index (χ3n) is 1.96. The summed E-state index contributed by atoms with van der Waals surface area (Å²) in [5.74, 6) is 0.663. The van der Waals surface area contributed by atoms with Crippen LogP contribution in [0.25, 0.3) is 5.82 Å². The Labute approximate surface area is 89.9 Å². The molecule has 0 aromatic carbocycles. The van der Waals surface area contributed by atoms with Crippen molar-refractivity contribution in [3.05, 3.63) is 34.7 Å². The third kappa shape index (κ3) is 1.50. The molecular formula is C9H9BrN4. The summed E-state index contributed by atoms with van der Waals surface area (Å²) in [7, 11) is 0. The van der Waals surface area contributed by atoms with Crippen LogP contribution in [-0.2, 0) is 0 Å². The van der Waals surface area contributed by atoms with Crippen LogP contribution in [-0.4, -0.2) is 14.8 Å². The second-order valence-corrected chi connectivity index (χ2v) is 3.88. The first-order chi connectivity index (χ1) is 6.68. The van der Waals surface area contributed by atoms with Crippen LogP contribution in [0.5, 0.6) is 0 Å². The highest BCUT2D eigenvalue weighted by molar-refractivity contribution is 9.10. The van der Waals surface area contributed by atoms with Gasteiger partial charge in [0.05, 0.1) is 16.4 Å². The molecule has 2 rings (SSSR count). The van der Waals surface area contributed by atoms with Gasteiger partial charge in [-0.3, -0.25) is 0 Å². The van der Waals surface area contributed by atoms with E-state index in [0.717, 1.165) is 10.0 Å². The van der Waals surface area contributed by atoms with E-state index in [0.29, 0.717) is 11.5 Å². The molecule has 5 heteroatoms. The van der Waals surface area contributed by atoms with Crippen molar-refractivity contribution in [2.45, 2.75) is 6.92 Å². The van der Waals surface area contributed by atoms with Crippen molar-refractivity contribution in [2.75, 3.05) is 5.73 Å². The van der Waals surface area contributed by atoms with Gasteiger partial charge in [0.25, 0.3) is 0 Å². The Bertz CT molecular complexity index is 464. The maximum absolute atomic E-state index is 5.89. The zero-order chi connectivity index (χ0) is 10.1. The van der Waals surface area contributed by atoms with E-state index in [1.165, 1.54) is 0 Å². The molecule has 2 N–H and O–H groups in total. The molecule has 0 atom stereocenters. The molecular weight excluding hydrogens is 244 g/mol. The van der Waals surface area contributed by atoms with Gasteiger partial charge in [-0.15, -0.1) is 0 Å². The number of pyridine rings is 1. The molecule has 2 aromatic heterocycles. The number of hydrogen-bond acceptors (Lipinski definition) is 3. The van der Waals surface area contributed by atoms with Crippen molar-refractivity contribution >= 4 is 21.6 Å². The van der Waals surface area contributed by atoms with Crippen molar-refractivity contribution in [2.24, 2.45) is 0 Å². The van der Waals surface area contributed by atoms with Gasteiger partial charge < -0.3 is 5.73 Å². The summed E-state index contributed by atoms with van der Waals surface area (Å²) in [6.07, 6.45) is 5.23. The van der Waals surface area contributed by atoms with Gasteiger partial charge in [-0.25, -0.2) is 9.67 Å². The summed E-state index contributed by atoms with van der Waals surface area (Å²) >= 11 is 3.32. The Balaban J connectivity index is 2.57. The van der Waals surface area contributed by atoms with E-state index >= 15 is 0 Å². The Morgan fingerprint density at radius 2 is 2.29 bits per heavy atom. The highest BCUT2D eigenvalue weighted by Gasteiger charge is 2.06. The van der Waals surface area contributed by atoms with Crippen LogP contribution < -0.4 is 5.73 Å². The van der Waals surface area contributed by atoms with Crippen molar-refractivity contribution in [3.63, 3.8) is 0 Å². The quantitative estimate of drug-likeness (QED) is 0.844. The molecule has 0 radical (unpaired) electrons. The van der Waals surface area contributed by atoms with Crippen LogP contribution >= 0.6 is 15.9 Å². The van der Waals surface area contributed by atoms with Gasteiger partial charge in [0.15, 0.2) is 5.82 Å². The van der Waals surface area contributed by atoms with E-state index in [-0.39, 0.29) is 0 Å². The average Bonchev–Trinajstić information content (AvgIpc) is 2.57. The lowest BCUT2D eigenvalue weighted by molar-refractivity contribution is 0.848. The minimum atomic E-state index is 0.656. The normalized spacial score (nSPS) is 10.4. The SMILES string of the molecule is Cc1ccnc(-n2cc(Br)cn2)c1N. The molecule has 0 aliphatic carbocycles. The number of nitrogens with zero attached hydrogens (tertiary/aromatic N) is 3. The number of aromatic nitrogens is 3. The first kappa shape index (κ1) is 9.21. The number of aryl methyl sites for hydroxylation is 1. The second-order valence-electron chi connectivity index (χ2n) is 2.97.